The molecule has 204 valence electrons. The van der Waals surface area contributed by atoms with Crippen LogP contribution in [-0.2, 0) is 9.59 Å². The summed E-state index contributed by atoms with van der Waals surface area (Å²) in [6, 6.07) is 2.53. The van der Waals surface area contributed by atoms with E-state index in [1.54, 1.807) is 23.1 Å². The second-order valence-corrected chi connectivity index (χ2v) is 11.2. The Hall–Kier alpha value is -2.18. The summed E-state index contributed by atoms with van der Waals surface area (Å²) in [5, 5.41) is 23.5. The number of carbonyl (C=O) groups is 3. The summed E-state index contributed by atoms with van der Waals surface area (Å²) < 4.78 is 12.3. The largest absolute Gasteiger partial charge is 0.493 e. The molecule has 0 aliphatic heterocycles. The van der Waals surface area contributed by atoms with Crippen molar-refractivity contribution in [3.63, 3.8) is 0 Å². The average molecular weight is 629 g/mol. The number of benzene rings is 1. The van der Waals surface area contributed by atoms with E-state index >= 15 is 0 Å². The number of nitrogens with one attached hydrogen (secondary N) is 1. The molecule has 10 heteroatoms. The topological polar surface area (TPSA) is 125 Å². The van der Waals surface area contributed by atoms with Crippen LogP contribution < -0.4 is 14.8 Å². The lowest BCUT2D eigenvalue weighted by Crippen LogP contribution is -2.57. The maximum atomic E-state index is 13.5. The second-order valence-electron chi connectivity index (χ2n) is 10.0. The first-order valence-electron chi connectivity index (χ1n) is 12.8. The second kappa shape index (κ2) is 13.6. The SMILES string of the molecule is COc1cc(C=O)cc(I)c1OC1C=C(C(=O)NCCO)CC(N(C(=O)CC(C)C)C2CCCC2)C1O. The van der Waals surface area contributed by atoms with E-state index in [4.69, 9.17) is 9.47 Å². The van der Waals surface area contributed by atoms with Crippen LogP contribution in [0.5, 0.6) is 11.5 Å². The van der Waals surface area contributed by atoms with Crippen LogP contribution >= 0.6 is 22.6 Å². The lowest BCUT2D eigenvalue weighted by atomic mass is 9.86. The Morgan fingerprint density at radius 3 is 2.57 bits per heavy atom. The third kappa shape index (κ3) is 7.23. The normalized spacial score (nSPS) is 21.9. The minimum Gasteiger partial charge on any atom is -0.493 e. The molecule has 2 aliphatic rings. The molecule has 3 unspecified atom stereocenters. The number of nitrogens with zero attached hydrogens (tertiary/aromatic N) is 1. The number of methoxy groups -OCH3 is 1. The van der Waals surface area contributed by atoms with Gasteiger partial charge in [0.05, 0.1) is 23.3 Å². The van der Waals surface area contributed by atoms with Gasteiger partial charge < -0.3 is 29.9 Å². The van der Waals surface area contributed by atoms with Gasteiger partial charge in [-0.2, -0.15) is 0 Å². The first kappa shape index (κ1) is 29.4. The minimum absolute atomic E-state index is 0.00653. The fourth-order valence-corrected chi connectivity index (χ4v) is 5.86. The van der Waals surface area contributed by atoms with Crippen LogP contribution in [0.25, 0.3) is 0 Å². The van der Waals surface area contributed by atoms with E-state index in [2.05, 4.69) is 5.32 Å². The zero-order valence-electron chi connectivity index (χ0n) is 21.6. The highest BCUT2D eigenvalue weighted by molar-refractivity contribution is 14.1. The minimum atomic E-state index is -1.10. The van der Waals surface area contributed by atoms with E-state index in [0.29, 0.717) is 38.9 Å². The van der Waals surface area contributed by atoms with Crippen molar-refractivity contribution in [2.75, 3.05) is 20.3 Å². The average Bonchev–Trinajstić information content (AvgIpc) is 3.39. The summed E-state index contributed by atoms with van der Waals surface area (Å²) in [5.74, 6) is 0.399. The van der Waals surface area contributed by atoms with Crippen LogP contribution in [0.1, 0.15) is 62.7 Å². The zero-order chi connectivity index (χ0) is 27.1. The van der Waals surface area contributed by atoms with E-state index < -0.39 is 18.2 Å². The number of hydrogen-bond donors (Lipinski definition) is 3. The van der Waals surface area contributed by atoms with Gasteiger partial charge >= 0.3 is 0 Å². The van der Waals surface area contributed by atoms with Gasteiger partial charge in [-0.15, -0.1) is 0 Å². The van der Waals surface area contributed by atoms with Crippen molar-refractivity contribution in [3.8, 4) is 11.5 Å². The number of aliphatic hydroxyl groups is 2. The number of aldehydes is 1. The molecule has 0 aromatic heterocycles. The predicted octanol–water partition coefficient (Wildman–Crippen LogP) is 2.85. The van der Waals surface area contributed by atoms with Crippen molar-refractivity contribution in [2.45, 2.75) is 76.7 Å². The van der Waals surface area contributed by atoms with Crippen molar-refractivity contribution in [1.29, 1.82) is 0 Å². The number of ether oxygens (including phenoxy) is 2. The summed E-state index contributed by atoms with van der Waals surface area (Å²) in [4.78, 5) is 39.6. The van der Waals surface area contributed by atoms with E-state index in [0.717, 1.165) is 25.7 Å². The van der Waals surface area contributed by atoms with E-state index in [1.807, 2.05) is 36.4 Å². The lowest BCUT2D eigenvalue weighted by Gasteiger charge is -2.43. The molecule has 0 spiro atoms. The van der Waals surface area contributed by atoms with Crippen molar-refractivity contribution in [3.05, 3.63) is 32.9 Å². The predicted molar refractivity (Wildman–Crippen MR) is 147 cm³/mol. The van der Waals surface area contributed by atoms with Gasteiger partial charge in [0, 0.05) is 36.6 Å². The first-order chi connectivity index (χ1) is 17.7. The molecule has 1 saturated carbocycles. The van der Waals surface area contributed by atoms with Gasteiger partial charge in [0.2, 0.25) is 11.8 Å². The quantitative estimate of drug-likeness (QED) is 0.254. The number of halogens is 1. The molecule has 2 aliphatic carbocycles. The molecule has 3 atom stereocenters. The Morgan fingerprint density at radius 2 is 1.97 bits per heavy atom. The number of amides is 2. The summed E-state index contributed by atoms with van der Waals surface area (Å²) in [7, 11) is 1.46. The molecular weight excluding hydrogens is 591 g/mol. The summed E-state index contributed by atoms with van der Waals surface area (Å²) >= 11 is 2.03. The van der Waals surface area contributed by atoms with Crippen molar-refractivity contribution < 1.29 is 34.1 Å². The number of carbonyl (C=O) groups excluding carboxylic acids is 3. The van der Waals surface area contributed by atoms with Crippen LogP contribution in [-0.4, -0.2) is 77.8 Å². The fourth-order valence-electron chi connectivity index (χ4n) is 5.10. The molecule has 2 amide bonds. The summed E-state index contributed by atoms with van der Waals surface area (Å²) in [6.07, 6.45) is 4.50. The van der Waals surface area contributed by atoms with Crippen LogP contribution in [0.2, 0.25) is 0 Å². The van der Waals surface area contributed by atoms with Crippen LogP contribution in [0, 0.1) is 9.49 Å². The monoisotopic (exact) mass is 628 g/mol. The zero-order valence-corrected chi connectivity index (χ0v) is 23.8. The van der Waals surface area contributed by atoms with Crippen molar-refractivity contribution in [1.82, 2.24) is 10.2 Å². The Labute approximate surface area is 231 Å². The van der Waals surface area contributed by atoms with E-state index in [9.17, 15) is 24.6 Å². The molecule has 1 fully saturated rings. The molecule has 0 saturated heterocycles. The molecule has 1 aromatic rings. The molecule has 3 N–H and O–H groups in total. The molecular formula is C27H37IN2O7. The number of hydrogen-bond acceptors (Lipinski definition) is 7. The summed E-state index contributed by atoms with van der Waals surface area (Å²) in [6.45, 7) is 3.86. The van der Waals surface area contributed by atoms with Crippen molar-refractivity contribution in [2.24, 2.45) is 5.92 Å². The highest BCUT2D eigenvalue weighted by Gasteiger charge is 2.43. The van der Waals surface area contributed by atoms with Crippen LogP contribution in [0.15, 0.2) is 23.8 Å². The van der Waals surface area contributed by atoms with E-state index in [-0.39, 0.29) is 43.3 Å². The molecule has 3 rings (SSSR count). The van der Waals surface area contributed by atoms with Gasteiger partial charge in [0.1, 0.15) is 18.5 Å². The highest BCUT2D eigenvalue weighted by Crippen LogP contribution is 2.38. The Morgan fingerprint density at radius 1 is 1.27 bits per heavy atom. The fraction of sp³-hybridized carbons (Fsp3) is 0.593. The Balaban J connectivity index is 2.02. The van der Waals surface area contributed by atoms with Crippen LogP contribution in [0.4, 0.5) is 0 Å². The Bertz CT molecular complexity index is 1010. The van der Waals surface area contributed by atoms with Gasteiger partial charge in [-0.25, -0.2) is 0 Å². The summed E-state index contributed by atoms with van der Waals surface area (Å²) in [5.41, 5.74) is 0.801. The van der Waals surface area contributed by atoms with E-state index in [1.165, 1.54) is 7.11 Å². The lowest BCUT2D eigenvalue weighted by molar-refractivity contribution is -0.142. The first-order valence-corrected chi connectivity index (χ1v) is 13.9. The van der Waals surface area contributed by atoms with Gasteiger partial charge in [-0.3, -0.25) is 14.4 Å². The third-order valence-electron chi connectivity index (χ3n) is 6.80. The van der Waals surface area contributed by atoms with Gasteiger partial charge in [-0.05, 0) is 59.6 Å². The number of aliphatic hydroxyl groups excluding tert-OH is 2. The molecule has 0 heterocycles. The van der Waals surface area contributed by atoms with Gasteiger partial charge in [0.25, 0.3) is 0 Å². The Kier molecular flexibility index (Phi) is 10.8. The maximum absolute atomic E-state index is 13.5. The molecule has 1 aromatic carbocycles. The highest BCUT2D eigenvalue weighted by atomic mass is 127. The molecule has 0 bridgehead atoms. The van der Waals surface area contributed by atoms with Crippen molar-refractivity contribution >= 4 is 40.7 Å². The number of rotatable bonds is 11. The standard InChI is InChI=1S/C27H37IN2O7/c1-16(2)10-24(33)30(19-6-4-5-7-19)21-13-18(27(35)29-8-9-31)14-22(25(21)34)37-26-20(28)11-17(15-32)12-23(26)36-3/h11-12,14-16,19,21-22,25,31,34H,4-10,13H2,1-3H3,(H,29,35). The van der Waals surface area contributed by atoms with Gasteiger partial charge in [0.15, 0.2) is 11.5 Å². The molecule has 37 heavy (non-hydrogen) atoms. The van der Waals surface area contributed by atoms with Gasteiger partial charge in [-0.1, -0.05) is 26.7 Å². The molecule has 0 radical (unpaired) electrons. The third-order valence-corrected chi connectivity index (χ3v) is 7.60. The molecule has 9 nitrogen and oxygen atoms in total. The van der Waals surface area contributed by atoms with Crippen LogP contribution in [0.3, 0.4) is 0 Å². The maximum Gasteiger partial charge on any atom is 0.247 e. The smallest absolute Gasteiger partial charge is 0.247 e.